The Morgan fingerprint density at radius 2 is 1.70 bits per heavy atom. The minimum absolute atomic E-state index is 0.0394. The Hall–Kier alpha value is -2.47. The van der Waals surface area contributed by atoms with E-state index in [1.807, 2.05) is 52.8 Å². The summed E-state index contributed by atoms with van der Waals surface area (Å²) in [5, 5.41) is 11.5. The van der Waals surface area contributed by atoms with Crippen LogP contribution >= 0.6 is 12.2 Å². The topological polar surface area (TPSA) is 70.2 Å². The first-order valence-corrected chi connectivity index (χ1v) is 10.8. The van der Waals surface area contributed by atoms with Crippen LogP contribution in [0.25, 0.3) is 10.8 Å². The zero-order valence-electron chi connectivity index (χ0n) is 18.5. The van der Waals surface area contributed by atoms with E-state index in [-0.39, 0.29) is 29.3 Å². The van der Waals surface area contributed by atoms with E-state index in [0.29, 0.717) is 24.4 Å². The first kappa shape index (κ1) is 23.8. The van der Waals surface area contributed by atoms with E-state index in [9.17, 15) is 9.59 Å². The van der Waals surface area contributed by atoms with E-state index < -0.39 is 0 Å². The van der Waals surface area contributed by atoms with Crippen molar-refractivity contribution >= 4 is 39.8 Å². The third-order valence-electron chi connectivity index (χ3n) is 4.85. The molecule has 0 unspecified atom stereocenters. The lowest BCUT2D eigenvalue weighted by Crippen LogP contribution is -2.45. The molecule has 2 amide bonds. The molecule has 0 aliphatic carbocycles. The molecular formula is C24H33N3O2S. The maximum atomic E-state index is 12.5. The Morgan fingerprint density at radius 3 is 2.40 bits per heavy atom. The van der Waals surface area contributed by atoms with E-state index in [1.165, 1.54) is 10.8 Å². The number of hydrogen-bond acceptors (Lipinski definition) is 3. The number of benzene rings is 2. The summed E-state index contributed by atoms with van der Waals surface area (Å²) in [6.45, 7) is 10.1. The van der Waals surface area contributed by atoms with E-state index >= 15 is 0 Å². The Bertz CT molecular complexity index is 899. The number of nitrogens with one attached hydrogen (secondary N) is 3. The van der Waals surface area contributed by atoms with Crippen LogP contribution in [0.2, 0.25) is 0 Å². The zero-order valence-corrected chi connectivity index (χ0v) is 19.4. The Kier molecular flexibility index (Phi) is 8.35. The molecule has 0 aliphatic heterocycles. The van der Waals surface area contributed by atoms with Crippen LogP contribution in [-0.4, -0.2) is 28.4 Å². The van der Waals surface area contributed by atoms with Gasteiger partial charge in [-0.3, -0.25) is 9.59 Å². The molecule has 162 valence electrons. The van der Waals surface area contributed by atoms with E-state index in [1.54, 1.807) is 0 Å². The molecule has 0 spiro atoms. The lowest BCUT2D eigenvalue weighted by atomic mass is 10.0. The molecule has 2 rings (SSSR count). The standard InChI is InChI=1S/C24H33N3O2S/c1-16(13-14-21(28)27-24(3,4)5)22(29)26-17(2)23(30)25-15-19-11-8-10-18-9-6-7-12-20(18)19/h6-12,16-17H,13-15H2,1-5H3,(H,25,30)(H,26,29)(H,27,28)/t16-,17-/m0/s1. The quantitative estimate of drug-likeness (QED) is 0.555. The fraction of sp³-hybridized carbons (Fsp3) is 0.458. The molecule has 0 saturated carbocycles. The summed E-state index contributed by atoms with van der Waals surface area (Å²) in [7, 11) is 0. The third kappa shape index (κ3) is 7.41. The molecule has 0 fully saturated rings. The summed E-state index contributed by atoms with van der Waals surface area (Å²) < 4.78 is 0. The van der Waals surface area contributed by atoms with Crippen molar-refractivity contribution < 1.29 is 9.59 Å². The van der Waals surface area contributed by atoms with Gasteiger partial charge < -0.3 is 16.0 Å². The van der Waals surface area contributed by atoms with Crippen molar-refractivity contribution in [3.05, 3.63) is 48.0 Å². The monoisotopic (exact) mass is 427 g/mol. The highest BCUT2D eigenvalue weighted by Gasteiger charge is 2.20. The number of rotatable bonds is 8. The summed E-state index contributed by atoms with van der Waals surface area (Å²) in [5.74, 6) is -0.401. The van der Waals surface area contributed by atoms with Crippen LogP contribution in [0.3, 0.4) is 0 Å². The average molecular weight is 428 g/mol. The normalized spacial score (nSPS) is 13.4. The number of carbonyl (C=O) groups excluding carboxylic acids is 2. The molecule has 3 N–H and O–H groups in total. The largest absolute Gasteiger partial charge is 0.374 e. The van der Waals surface area contributed by atoms with Crippen LogP contribution in [0.1, 0.15) is 53.0 Å². The molecule has 0 aliphatic rings. The Balaban J connectivity index is 1.81. The number of thiocarbonyl (C=S) groups is 1. The second kappa shape index (κ2) is 10.5. The summed E-state index contributed by atoms with van der Waals surface area (Å²) in [4.78, 5) is 25.0. The Morgan fingerprint density at radius 1 is 1.03 bits per heavy atom. The van der Waals surface area contributed by atoms with Gasteiger partial charge in [0.05, 0.1) is 11.0 Å². The van der Waals surface area contributed by atoms with Gasteiger partial charge in [0.25, 0.3) is 0 Å². The van der Waals surface area contributed by atoms with Gasteiger partial charge in [0.15, 0.2) is 0 Å². The first-order chi connectivity index (χ1) is 14.1. The van der Waals surface area contributed by atoms with Crippen molar-refractivity contribution in [1.82, 2.24) is 16.0 Å². The van der Waals surface area contributed by atoms with Crippen molar-refractivity contribution in [3.8, 4) is 0 Å². The number of amides is 2. The maximum Gasteiger partial charge on any atom is 0.223 e. The minimum atomic E-state index is -0.284. The van der Waals surface area contributed by atoms with Crippen molar-refractivity contribution in [1.29, 1.82) is 0 Å². The molecule has 2 aromatic carbocycles. The molecule has 0 heterocycles. The van der Waals surface area contributed by atoms with E-state index in [4.69, 9.17) is 12.2 Å². The molecule has 0 aromatic heterocycles. The highest BCUT2D eigenvalue weighted by atomic mass is 32.1. The highest BCUT2D eigenvalue weighted by Crippen LogP contribution is 2.18. The minimum Gasteiger partial charge on any atom is -0.374 e. The van der Waals surface area contributed by atoms with Gasteiger partial charge in [-0.05, 0) is 50.5 Å². The Labute approximate surface area is 185 Å². The van der Waals surface area contributed by atoms with E-state index in [0.717, 1.165) is 5.56 Å². The molecule has 5 nitrogen and oxygen atoms in total. The lowest BCUT2D eigenvalue weighted by molar-refractivity contribution is -0.125. The lowest BCUT2D eigenvalue weighted by Gasteiger charge is -2.22. The predicted molar refractivity (Wildman–Crippen MR) is 127 cm³/mol. The predicted octanol–water partition coefficient (Wildman–Crippen LogP) is 4.09. The molecular weight excluding hydrogens is 394 g/mol. The highest BCUT2D eigenvalue weighted by molar-refractivity contribution is 7.80. The summed E-state index contributed by atoms with van der Waals surface area (Å²) in [5.41, 5.74) is 0.895. The molecule has 0 saturated heterocycles. The third-order valence-corrected chi connectivity index (χ3v) is 5.35. The summed E-state index contributed by atoms with van der Waals surface area (Å²) in [6.07, 6.45) is 0.820. The van der Waals surface area contributed by atoms with Gasteiger partial charge in [-0.2, -0.15) is 0 Å². The van der Waals surface area contributed by atoms with Crippen LogP contribution in [0.4, 0.5) is 0 Å². The van der Waals surface area contributed by atoms with Crippen molar-refractivity contribution in [2.45, 2.75) is 65.6 Å². The fourth-order valence-corrected chi connectivity index (χ4v) is 3.29. The molecule has 2 aromatic rings. The number of hydrogen-bond donors (Lipinski definition) is 3. The molecule has 30 heavy (non-hydrogen) atoms. The van der Waals surface area contributed by atoms with Crippen molar-refractivity contribution in [3.63, 3.8) is 0 Å². The van der Waals surface area contributed by atoms with Gasteiger partial charge in [-0.1, -0.05) is 61.6 Å². The van der Waals surface area contributed by atoms with Gasteiger partial charge in [0.1, 0.15) is 0 Å². The van der Waals surface area contributed by atoms with Gasteiger partial charge in [0.2, 0.25) is 11.8 Å². The zero-order chi connectivity index (χ0) is 22.3. The van der Waals surface area contributed by atoms with Crippen LogP contribution in [0.15, 0.2) is 42.5 Å². The summed E-state index contributed by atoms with van der Waals surface area (Å²) in [6, 6.07) is 14.1. The average Bonchev–Trinajstić information content (AvgIpc) is 2.68. The van der Waals surface area contributed by atoms with Crippen LogP contribution in [0.5, 0.6) is 0 Å². The fourth-order valence-electron chi connectivity index (χ4n) is 3.16. The smallest absolute Gasteiger partial charge is 0.223 e. The van der Waals surface area contributed by atoms with Gasteiger partial charge in [-0.25, -0.2) is 0 Å². The molecule has 0 radical (unpaired) electrons. The summed E-state index contributed by atoms with van der Waals surface area (Å²) >= 11 is 5.48. The van der Waals surface area contributed by atoms with Crippen molar-refractivity contribution in [2.75, 3.05) is 0 Å². The molecule has 0 bridgehead atoms. The number of fused-ring (bicyclic) bond motifs is 1. The molecule has 2 atom stereocenters. The van der Waals surface area contributed by atoms with Crippen molar-refractivity contribution in [2.24, 2.45) is 5.92 Å². The van der Waals surface area contributed by atoms with Gasteiger partial charge in [-0.15, -0.1) is 0 Å². The number of carbonyl (C=O) groups is 2. The SMILES string of the molecule is C[C@H](NC(=O)[C@@H](C)CCC(=O)NC(C)(C)C)C(=S)NCc1cccc2ccccc12. The van der Waals surface area contributed by atoms with Crippen LogP contribution in [-0.2, 0) is 16.1 Å². The van der Waals surface area contributed by atoms with Gasteiger partial charge in [0, 0.05) is 24.4 Å². The second-order valence-electron chi connectivity index (χ2n) is 8.82. The van der Waals surface area contributed by atoms with Gasteiger partial charge >= 0.3 is 0 Å². The molecule has 6 heteroatoms. The maximum absolute atomic E-state index is 12.5. The van der Waals surface area contributed by atoms with E-state index in [2.05, 4.69) is 40.2 Å². The van der Waals surface area contributed by atoms with Crippen LogP contribution in [0, 0.1) is 5.92 Å². The van der Waals surface area contributed by atoms with Crippen LogP contribution < -0.4 is 16.0 Å². The first-order valence-electron chi connectivity index (χ1n) is 10.4. The second-order valence-corrected chi connectivity index (χ2v) is 9.26.